The number of hydrogen-bond acceptors (Lipinski definition) is 4. The summed E-state index contributed by atoms with van der Waals surface area (Å²) in [5.41, 5.74) is 0. The molecule has 0 atom stereocenters. The Kier molecular flexibility index (Phi) is 5.53. The van der Waals surface area contributed by atoms with Crippen LogP contribution in [0.4, 0.5) is 0 Å². The molecule has 0 radical (unpaired) electrons. The van der Waals surface area contributed by atoms with Crippen molar-refractivity contribution in [1.29, 1.82) is 0 Å². The monoisotopic (exact) mass is 284 g/mol. The first-order chi connectivity index (χ1) is 8.79. The first kappa shape index (κ1) is 13.9. The van der Waals surface area contributed by atoms with E-state index in [1.807, 2.05) is 22.5 Å². The molecule has 0 N–H and O–H groups in total. The summed E-state index contributed by atoms with van der Waals surface area (Å²) in [6.07, 6.45) is 2.73. The second-order valence-electron chi connectivity index (χ2n) is 4.48. The third-order valence-electron chi connectivity index (χ3n) is 3.20. The van der Waals surface area contributed by atoms with Gasteiger partial charge >= 0.3 is 0 Å². The summed E-state index contributed by atoms with van der Waals surface area (Å²) in [6.45, 7) is 4.81. The van der Waals surface area contributed by atoms with Crippen LogP contribution in [0.25, 0.3) is 0 Å². The lowest BCUT2D eigenvalue weighted by molar-refractivity contribution is -0.132. The van der Waals surface area contributed by atoms with Crippen molar-refractivity contribution in [2.75, 3.05) is 38.2 Å². The van der Waals surface area contributed by atoms with Gasteiger partial charge in [-0.05, 0) is 17.7 Å². The molecule has 2 rings (SSSR count). The Hall–Kier alpha value is -0.520. The molecule has 0 saturated carbocycles. The van der Waals surface area contributed by atoms with Crippen molar-refractivity contribution >= 4 is 29.0 Å². The number of thioether (sulfide) groups is 1. The largest absolute Gasteiger partial charge is 0.340 e. The summed E-state index contributed by atoms with van der Waals surface area (Å²) in [5.74, 6) is 1.26. The zero-order valence-corrected chi connectivity index (χ0v) is 12.4. The van der Waals surface area contributed by atoms with Crippen molar-refractivity contribution in [3.63, 3.8) is 0 Å². The zero-order valence-electron chi connectivity index (χ0n) is 10.8. The van der Waals surface area contributed by atoms with Crippen molar-refractivity contribution in [2.24, 2.45) is 0 Å². The van der Waals surface area contributed by atoms with E-state index in [0.29, 0.717) is 12.3 Å². The van der Waals surface area contributed by atoms with Crippen molar-refractivity contribution in [1.82, 2.24) is 9.80 Å². The lowest BCUT2D eigenvalue weighted by Crippen LogP contribution is -2.48. The Morgan fingerprint density at radius 2 is 2.17 bits per heavy atom. The highest BCUT2D eigenvalue weighted by atomic mass is 32.2. The van der Waals surface area contributed by atoms with Gasteiger partial charge in [0, 0.05) is 49.8 Å². The van der Waals surface area contributed by atoms with E-state index in [1.165, 1.54) is 4.88 Å². The maximum absolute atomic E-state index is 11.9. The molecule has 18 heavy (non-hydrogen) atoms. The van der Waals surface area contributed by atoms with E-state index in [2.05, 4.69) is 22.4 Å². The summed E-state index contributed by atoms with van der Waals surface area (Å²) in [5, 5.41) is 2.12. The highest BCUT2D eigenvalue weighted by molar-refractivity contribution is 7.98. The summed E-state index contributed by atoms with van der Waals surface area (Å²) in [7, 11) is 0. The standard InChI is InChI=1S/C13H20N2OS2/c1-17-10-4-13(16)15-7-5-14(6-8-15)11-12-3-2-9-18-12/h2-3,9H,4-8,10-11H2,1H3. The van der Waals surface area contributed by atoms with Crippen LogP contribution in [0.5, 0.6) is 0 Å². The van der Waals surface area contributed by atoms with Crippen LogP contribution in [0.2, 0.25) is 0 Å². The molecule has 1 aromatic heterocycles. The van der Waals surface area contributed by atoms with Crippen LogP contribution < -0.4 is 0 Å². The molecule has 0 aliphatic carbocycles. The Bertz CT molecular complexity index is 359. The fraction of sp³-hybridized carbons (Fsp3) is 0.615. The van der Waals surface area contributed by atoms with E-state index >= 15 is 0 Å². The average Bonchev–Trinajstić information content (AvgIpc) is 2.89. The molecule has 5 heteroatoms. The van der Waals surface area contributed by atoms with E-state index in [0.717, 1.165) is 38.5 Å². The Morgan fingerprint density at radius 3 is 2.78 bits per heavy atom. The number of rotatable bonds is 5. The number of amides is 1. The van der Waals surface area contributed by atoms with Crippen LogP contribution in [0.3, 0.4) is 0 Å². The van der Waals surface area contributed by atoms with Gasteiger partial charge in [0.15, 0.2) is 0 Å². The van der Waals surface area contributed by atoms with Gasteiger partial charge in [-0.1, -0.05) is 6.07 Å². The predicted molar refractivity (Wildman–Crippen MR) is 79.2 cm³/mol. The van der Waals surface area contributed by atoms with Crippen LogP contribution in [0.1, 0.15) is 11.3 Å². The second-order valence-corrected chi connectivity index (χ2v) is 6.50. The van der Waals surface area contributed by atoms with Gasteiger partial charge in [0.1, 0.15) is 0 Å². The number of carbonyl (C=O) groups is 1. The molecule has 0 bridgehead atoms. The fourth-order valence-electron chi connectivity index (χ4n) is 2.13. The lowest BCUT2D eigenvalue weighted by Gasteiger charge is -2.34. The molecule has 1 fully saturated rings. The summed E-state index contributed by atoms with van der Waals surface area (Å²) in [4.78, 5) is 17.7. The highest BCUT2D eigenvalue weighted by Crippen LogP contribution is 2.14. The number of hydrogen-bond donors (Lipinski definition) is 0. The van der Waals surface area contributed by atoms with Crippen LogP contribution >= 0.6 is 23.1 Å². The molecule has 2 heterocycles. The van der Waals surface area contributed by atoms with Crippen LogP contribution in [0, 0.1) is 0 Å². The molecular formula is C13H20N2OS2. The number of thiophene rings is 1. The van der Waals surface area contributed by atoms with E-state index in [1.54, 1.807) is 11.8 Å². The number of nitrogens with zero attached hydrogens (tertiary/aromatic N) is 2. The lowest BCUT2D eigenvalue weighted by atomic mass is 10.2. The molecule has 1 saturated heterocycles. The molecule has 1 aliphatic heterocycles. The van der Waals surface area contributed by atoms with Gasteiger partial charge in [-0.2, -0.15) is 11.8 Å². The first-order valence-electron chi connectivity index (χ1n) is 6.31. The van der Waals surface area contributed by atoms with Crippen molar-refractivity contribution in [2.45, 2.75) is 13.0 Å². The third kappa shape index (κ3) is 4.00. The second kappa shape index (κ2) is 7.16. The summed E-state index contributed by atoms with van der Waals surface area (Å²) < 4.78 is 0. The molecule has 1 amide bonds. The van der Waals surface area contributed by atoms with Crippen LogP contribution in [-0.2, 0) is 11.3 Å². The number of piperazine rings is 1. The topological polar surface area (TPSA) is 23.6 Å². The van der Waals surface area contributed by atoms with E-state index in [-0.39, 0.29) is 0 Å². The molecule has 3 nitrogen and oxygen atoms in total. The molecular weight excluding hydrogens is 264 g/mol. The van der Waals surface area contributed by atoms with Crippen molar-refractivity contribution in [3.8, 4) is 0 Å². The zero-order chi connectivity index (χ0) is 12.8. The van der Waals surface area contributed by atoms with Gasteiger partial charge in [0.2, 0.25) is 5.91 Å². The maximum atomic E-state index is 11.9. The minimum Gasteiger partial charge on any atom is -0.340 e. The number of carbonyl (C=O) groups excluding carboxylic acids is 1. The molecule has 1 aromatic rings. The Balaban J connectivity index is 1.72. The molecule has 0 aromatic carbocycles. The van der Waals surface area contributed by atoms with Gasteiger partial charge in [0.05, 0.1) is 0 Å². The summed E-state index contributed by atoms with van der Waals surface area (Å²) >= 11 is 3.55. The van der Waals surface area contributed by atoms with Gasteiger partial charge in [-0.15, -0.1) is 11.3 Å². The van der Waals surface area contributed by atoms with Gasteiger partial charge in [-0.3, -0.25) is 9.69 Å². The van der Waals surface area contributed by atoms with Crippen molar-refractivity contribution in [3.05, 3.63) is 22.4 Å². The minimum absolute atomic E-state index is 0.320. The smallest absolute Gasteiger partial charge is 0.223 e. The van der Waals surface area contributed by atoms with Gasteiger partial charge < -0.3 is 4.90 Å². The normalized spacial score (nSPS) is 17.1. The van der Waals surface area contributed by atoms with E-state index in [4.69, 9.17) is 0 Å². The van der Waals surface area contributed by atoms with E-state index < -0.39 is 0 Å². The van der Waals surface area contributed by atoms with Crippen molar-refractivity contribution < 1.29 is 4.79 Å². The minimum atomic E-state index is 0.320. The fourth-order valence-corrected chi connectivity index (χ4v) is 3.25. The predicted octanol–water partition coefficient (Wildman–Crippen LogP) is 2.15. The Labute approximate surface area is 117 Å². The van der Waals surface area contributed by atoms with Gasteiger partial charge in [-0.25, -0.2) is 0 Å². The van der Waals surface area contributed by atoms with Gasteiger partial charge in [0.25, 0.3) is 0 Å². The molecule has 100 valence electrons. The van der Waals surface area contributed by atoms with Crippen LogP contribution in [0.15, 0.2) is 17.5 Å². The maximum Gasteiger partial charge on any atom is 0.223 e. The van der Waals surface area contributed by atoms with Crippen LogP contribution in [-0.4, -0.2) is 53.9 Å². The first-order valence-corrected chi connectivity index (χ1v) is 8.58. The molecule has 1 aliphatic rings. The molecule has 0 unspecified atom stereocenters. The Morgan fingerprint density at radius 1 is 1.39 bits per heavy atom. The third-order valence-corrected chi connectivity index (χ3v) is 4.68. The average molecular weight is 284 g/mol. The summed E-state index contributed by atoms with van der Waals surface area (Å²) in [6, 6.07) is 4.28. The SMILES string of the molecule is CSCCC(=O)N1CCN(Cc2cccs2)CC1. The quantitative estimate of drug-likeness (QED) is 0.828. The van der Waals surface area contributed by atoms with E-state index in [9.17, 15) is 4.79 Å². The molecule has 0 spiro atoms. The highest BCUT2D eigenvalue weighted by Gasteiger charge is 2.20.